The van der Waals surface area contributed by atoms with E-state index >= 15 is 0 Å². The first kappa shape index (κ1) is 47.2. The van der Waals surface area contributed by atoms with Crippen molar-refractivity contribution in [2.24, 2.45) is 0 Å². The van der Waals surface area contributed by atoms with Gasteiger partial charge in [0.25, 0.3) is 23.6 Å². The van der Waals surface area contributed by atoms with Crippen LogP contribution in [-0.4, -0.2) is 66.5 Å². The van der Waals surface area contributed by atoms with E-state index in [-0.39, 0.29) is 23.6 Å². The van der Waals surface area contributed by atoms with Crippen LogP contribution in [0.3, 0.4) is 0 Å². The van der Waals surface area contributed by atoms with E-state index in [0.717, 1.165) is 34.0 Å². The van der Waals surface area contributed by atoms with E-state index in [1.54, 1.807) is 73.1 Å². The molecule has 354 valence electrons. The maximum Gasteiger partial charge on any atom is 0.261 e. The smallest absolute Gasteiger partial charge is 0.261 e. The summed E-state index contributed by atoms with van der Waals surface area (Å²) in [6.07, 6.45) is 4.70. The molecule has 0 unspecified atom stereocenters. The predicted molar refractivity (Wildman–Crippen MR) is 272 cm³/mol. The molecule has 0 saturated carbocycles. The second-order valence-electron chi connectivity index (χ2n) is 17.0. The number of amides is 4. The molecule has 1 aliphatic heterocycles. The van der Waals surface area contributed by atoms with Crippen LogP contribution in [0.2, 0.25) is 0 Å². The molecule has 4 amide bonds. The quantitative estimate of drug-likeness (QED) is 0.0521. The van der Waals surface area contributed by atoms with E-state index in [1.165, 1.54) is 4.90 Å². The Balaban J connectivity index is 0.969. The van der Waals surface area contributed by atoms with Crippen molar-refractivity contribution in [1.82, 2.24) is 29.7 Å². The topological polar surface area (TPSA) is 163 Å². The number of carbonyl (C=O) groups excluding carboxylic acids is 4. The van der Waals surface area contributed by atoms with Gasteiger partial charge in [0.1, 0.15) is 23.2 Å². The van der Waals surface area contributed by atoms with Crippen molar-refractivity contribution < 1.29 is 23.9 Å². The van der Waals surface area contributed by atoms with Crippen molar-refractivity contribution in [3.05, 3.63) is 239 Å². The number of benzene rings is 4. The third kappa shape index (κ3) is 12.6. The normalized spacial score (nSPS) is 11.9. The largest absolute Gasteiger partial charge is 0.494 e. The lowest BCUT2D eigenvalue weighted by molar-refractivity contribution is 0.0649. The summed E-state index contributed by atoms with van der Waals surface area (Å²) in [4.78, 5) is 76.9. The summed E-state index contributed by atoms with van der Waals surface area (Å²) in [5.74, 6) is 1.24. The third-order valence-corrected chi connectivity index (χ3v) is 11.7. The number of ether oxygens (including phenoxy) is 1. The number of pyridine rings is 4. The number of aromatic nitrogens is 4. The molecule has 8 aromatic rings. The zero-order valence-electron chi connectivity index (χ0n) is 38.9. The summed E-state index contributed by atoms with van der Waals surface area (Å²) < 4.78 is 6.51. The van der Waals surface area contributed by atoms with E-state index in [0.29, 0.717) is 98.4 Å². The second kappa shape index (κ2) is 22.9. The molecule has 9 rings (SSSR count). The number of anilines is 3. The first-order valence-corrected chi connectivity index (χ1v) is 23.4. The highest BCUT2D eigenvalue weighted by atomic mass is 16.5. The van der Waals surface area contributed by atoms with Crippen molar-refractivity contribution >= 4 is 41.1 Å². The van der Waals surface area contributed by atoms with Crippen LogP contribution in [0.1, 0.15) is 82.5 Å². The average molecular weight is 942 g/mol. The maximum absolute atomic E-state index is 13.1. The molecular formula is C57H51N9O5. The summed E-state index contributed by atoms with van der Waals surface area (Å²) in [5.41, 5.74) is 6.22. The first-order valence-electron chi connectivity index (χ1n) is 23.4. The molecule has 5 heterocycles. The van der Waals surface area contributed by atoms with Gasteiger partial charge in [-0.1, -0.05) is 78.9 Å². The molecule has 0 bridgehead atoms. The van der Waals surface area contributed by atoms with Gasteiger partial charge in [-0.25, -0.2) is 15.0 Å². The van der Waals surface area contributed by atoms with Gasteiger partial charge in [0.15, 0.2) is 0 Å². The molecule has 0 atom stereocenters. The van der Waals surface area contributed by atoms with Crippen molar-refractivity contribution in [1.29, 1.82) is 0 Å². The number of hydrogen-bond acceptors (Lipinski definition) is 11. The lowest BCUT2D eigenvalue weighted by Crippen LogP contribution is -2.30. The summed E-state index contributed by atoms with van der Waals surface area (Å²) in [7, 11) is 0. The van der Waals surface area contributed by atoms with Gasteiger partial charge in [-0.15, -0.1) is 0 Å². The van der Waals surface area contributed by atoms with Gasteiger partial charge < -0.3 is 20.3 Å². The van der Waals surface area contributed by atoms with E-state index in [2.05, 4.69) is 31.5 Å². The van der Waals surface area contributed by atoms with Crippen LogP contribution in [0.5, 0.6) is 5.75 Å². The number of nitrogens with one attached hydrogen (secondary N) is 2. The molecule has 14 heteroatoms. The molecule has 2 N–H and O–H groups in total. The zero-order valence-corrected chi connectivity index (χ0v) is 38.9. The average Bonchev–Trinajstić information content (AvgIpc) is 3.64. The number of imide groups is 1. The SMILES string of the molecule is O=C(Nc1cccc(CN(Cc2cc(CN(Cc3cccc(NC(=O)c4ccccc4)n3)c3ccccn3)cc(OCCCCN3C(=O)c4ccccc4C3=O)c2)Cc2ccccn2)n1)c1ccccc1. The number of rotatable bonds is 21. The molecule has 4 aromatic carbocycles. The van der Waals surface area contributed by atoms with Crippen molar-refractivity contribution in [2.75, 3.05) is 28.7 Å². The zero-order chi connectivity index (χ0) is 48.8. The van der Waals surface area contributed by atoms with Gasteiger partial charge in [0.05, 0.1) is 41.4 Å². The van der Waals surface area contributed by atoms with Crippen LogP contribution < -0.4 is 20.3 Å². The van der Waals surface area contributed by atoms with Gasteiger partial charge in [0.2, 0.25) is 0 Å². The van der Waals surface area contributed by atoms with Crippen LogP contribution in [0.15, 0.2) is 188 Å². The number of unbranched alkanes of at least 4 members (excludes halogenated alkanes) is 1. The van der Waals surface area contributed by atoms with Gasteiger partial charge in [-0.3, -0.25) is 34.0 Å². The minimum Gasteiger partial charge on any atom is -0.494 e. The van der Waals surface area contributed by atoms with Crippen LogP contribution in [0, 0.1) is 0 Å². The minimum absolute atomic E-state index is 0.244. The molecule has 0 fully saturated rings. The van der Waals surface area contributed by atoms with E-state index < -0.39 is 0 Å². The van der Waals surface area contributed by atoms with Gasteiger partial charge in [-0.05, 0) is 121 Å². The Morgan fingerprint density at radius 3 is 1.63 bits per heavy atom. The molecule has 4 aromatic heterocycles. The van der Waals surface area contributed by atoms with Crippen LogP contribution in [0.4, 0.5) is 17.5 Å². The summed E-state index contributed by atoms with van der Waals surface area (Å²) in [6, 6.07) is 54.0. The fourth-order valence-electron chi connectivity index (χ4n) is 8.38. The number of hydrogen-bond donors (Lipinski definition) is 2. The highest BCUT2D eigenvalue weighted by molar-refractivity contribution is 6.21. The molecule has 0 radical (unpaired) electrons. The molecule has 1 aliphatic rings. The van der Waals surface area contributed by atoms with Crippen LogP contribution in [0.25, 0.3) is 0 Å². The van der Waals surface area contributed by atoms with Crippen LogP contribution in [-0.2, 0) is 32.7 Å². The summed E-state index contributed by atoms with van der Waals surface area (Å²) in [5, 5.41) is 5.87. The van der Waals surface area contributed by atoms with Gasteiger partial charge >= 0.3 is 0 Å². The highest BCUT2D eigenvalue weighted by Crippen LogP contribution is 2.26. The van der Waals surface area contributed by atoms with Crippen molar-refractivity contribution in [3.8, 4) is 5.75 Å². The lowest BCUT2D eigenvalue weighted by atomic mass is 10.1. The predicted octanol–water partition coefficient (Wildman–Crippen LogP) is 9.64. The van der Waals surface area contributed by atoms with E-state index in [1.807, 2.05) is 109 Å². The maximum atomic E-state index is 13.1. The number of nitrogens with zero attached hydrogens (tertiary/aromatic N) is 7. The Morgan fingerprint density at radius 1 is 0.507 bits per heavy atom. The molecule has 0 saturated heterocycles. The Bertz CT molecular complexity index is 3070. The second-order valence-corrected chi connectivity index (χ2v) is 17.0. The Hall–Kier alpha value is -8.88. The lowest BCUT2D eigenvalue weighted by Gasteiger charge is -2.26. The number of fused-ring (bicyclic) bond motifs is 1. The fraction of sp³-hybridized carbons (Fsp3) is 0.158. The molecule has 71 heavy (non-hydrogen) atoms. The molecular weight excluding hydrogens is 891 g/mol. The fourth-order valence-corrected chi connectivity index (χ4v) is 8.38. The minimum atomic E-state index is -0.269. The van der Waals surface area contributed by atoms with Gasteiger partial charge in [-0.2, -0.15) is 0 Å². The van der Waals surface area contributed by atoms with Crippen molar-refractivity contribution in [3.63, 3.8) is 0 Å². The molecule has 0 aliphatic carbocycles. The third-order valence-electron chi connectivity index (χ3n) is 11.7. The standard InChI is InChI=1S/C57H51N9O5/c67-54(43-17-3-1-4-18-43)62-51-26-15-22-46(60-51)39-64(38-45-21-9-11-29-58-45)36-41-33-42(35-48(34-41)71-32-14-13-31-66-56(69)49-24-7-8-25-50(49)57(66)70)37-65(53-28-10-12-30-59-53)40-47-23-16-27-52(61-47)63-55(68)44-19-5-2-6-20-44/h1-12,15-30,33-35H,13-14,31-32,36-40H2,(H,60,62,67)(H,61,63,68). The highest BCUT2D eigenvalue weighted by Gasteiger charge is 2.34. The van der Waals surface area contributed by atoms with E-state index in [9.17, 15) is 19.2 Å². The molecule has 14 nitrogen and oxygen atoms in total. The van der Waals surface area contributed by atoms with E-state index in [4.69, 9.17) is 19.7 Å². The number of carbonyl (C=O) groups is 4. The Kier molecular flexibility index (Phi) is 15.3. The van der Waals surface area contributed by atoms with Crippen molar-refractivity contribution in [2.45, 2.75) is 45.6 Å². The monoisotopic (exact) mass is 941 g/mol. The van der Waals surface area contributed by atoms with Gasteiger partial charge in [0, 0.05) is 56.2 Å². The summed E-state index contributed by atoms with van der Waals surface area (Å²) >= 11 is 0. The Labute approximate surface area is 412 Å². The first-order chi connectivity index (χ1) is 34.8. The van der Waals surface area contributed by atoms with Crippen LogP contribution >= 0.6 is 0 Å². The summed E-state index contributed by atoms with van der Waals surface area (Å²) in [6.45, 7) is 2.87. The molecule has 0 spiro atoms. The Morgan fingerprint density at radius 2 is 1.04 bits per heavy atom.